The summed E-state index contributed by atoms with van der Waals surface area (Å²) in [6.45, 7) is 0. The summed E-state index contributed by atoms with van der Waals surface area (Å²) in [4.78, 5) is 11.2. The lowest BCUT2D eigenvalue weighted by molar-refractivity contribution is 0.410. The van der Waals surface area contributed by atoms with Gasteiger partial charge in [-0.2, -0.15) is 4.68 Å². The molecule has 5 nitrogen and oxygen atoms in total. The van der Waals surface area contributed by atoms with Gasteiger partial charge in [-0.15, -0.1) is 5.10 Å². The van der Waals surface area contributed by atoms with Gasteiger partial charge in [0, 0.05) is 5.02 Å². The molecule has 0 radical (unpaired) electrons. The van der Waals surface area contributed by atoms with Crippen molar-refractivity contribution in [2.24, 2.45) is 0 Å². The molecule has 1 aromatic heterocycles. The molecule has 0 unspecified atom stereocenters. The summed E-state index contributed by atoms with van der Waals surface area (Å²) in [6, 6.07) is 4.89. The molecule has 2 rings (SSSR count). The maximum Gasteiger partial charge on any atom is 0.441 e. The highest BCUT2D eigenvalue weighted by Gasteiger charge is 2.10. The van der Waals surface area contributed by atoms with Crippen LogP contribution in [0.15, 0.2) is 33.8 Å². The molecule has 0 aliphatic heterocycles. The molecule has 0 saturated carbocycles. The third-order valence-corrected chi connectivity index (χ3v) is 2.09. The molecule has 0 amide bonds. The number of ether oxygens (including phenoxy) is 1. The SMILES string of the molecule is COc1ccc(Cl)cc1-n1ncoc1=O. The highest BCUT2D eigenvalue weighted by atomic mass is 35.5. The Morgan fingerprint density at radius 2 is 2.33 bits per heavy atom. The second kappa shape index (κ2) is 3.78. The average Bonchev–Trinajstić information content (AvgIpc) is 2.64. The molecule has 0 aliphatic rings. The van der Waals surface area contributed by atoms with Crippen molar-refractivity contribution in [3.63, 3.8) is 0 Å². The fraction of sp³-hybridized carbons (Fsp3) is 0.111. The lowest BCUT2D eigenvalue weighted by Gasteiger charge is -2.06. The van der Waals surface area contributed by atoms with E-state index in [9.17, 15) is 4.79 Å². The van der Waals surface area contributed by atoms with Crippen LogP contribution < -0.4 is 10.5 Å². The minimum absolute atomic E-state index is 0.448. The van der Waals surface area contributed by atoms with Crippen molar-refractivity contribution < 1.29 is 9.15 Å². The molecular formula is C9H7ClN2O3. The van der Waals surface area contributed by atoms with Gasteiger partial charge in [0.1, 0.15) is 11.4 Å². The molecule has 0 spiro atoms. The van der Waals surface area contributed by atoms with Gasteiger partial charge >= 0.3 is 5.76 Å². The lowest BCUT2D eigenvalue weighted by Crippen LogP contribution is -2.14. The Labute approximate surface area is 89.8 Å². The number of rotatable bonds is 2. The van der Waals surface area contributed by atoms with Crippen LogP contribution in [0.1, 0.15) is 0 Å². The molecule has 0 aliphatic carbocycles. The molecule has 78 valence electrons. The first kappa shape index (κ1) is 9.79. The van der Waals surface area contributed by atoms with Gasteiger partial charge in [-0.3, -0.25) is 0 Å². The van der Waals surface area contributed by atoms with Crippen LogP contribution >= 0.6 is 11.6 Å². The number of aromatic nitrogens is 2. The standard InChI is InChI=1S/C9H7ClN2O3/c1-14-8-3-2-6(10)4-7(8)12-9(13)15-5-11-12/h2-5H,1H3. The molecule has 0 saturated heterocycles. The Hall–Kier alpha value is -1.75. The van der Waals surface area contributed by atoms with Crippen LogP contribution in [-0.2, 0) is 0 Å². The monoisotopic (exact) mass is 226 g/mol. The second-order valence-corrected chi connectivity index (χ2v) is 3.17. The van der Waals surface area contributed by atoms with Crippen LogP contribution in [0.3, 0.4) is 0 Å². The van der Waals surface area contributed by atoms with Crippen LogP contribution in [0, 0.1) is 0 Å². The zero-order valence-electron chi connectivity index (χ0n) is 7.81. The lowest BCUT2D eigenvalue weighted by atomic mass is 10.3. The van der Waals surface area contributed by atoms with Crippen LogP contribution in [-0.4, -0.2) is 16.9 Å². The summed E-state index contributed by atoms with van der Waals surface area (Å²) in [7, 11) is 1.50. The third-order valence-electron chi connectivity index (χ3n) is 1.86. The van der Waals surface area contributed by atoms with E-state index in [1.165, 1.54) is 7.11 Å². The smallest absolute Gasteiger partial charge is 0.441 e. The van der Waals surface area contributed by atoms with E-state index in [4.69, 9.17) is 16.3 Å². The second-order valence-electron chi connectivity index (χ2n) is 2.73. The van der Waals surface area contributed by atoms with Crippen molar-refractivity contribution in [2.45, 2.75) is 0 Å². The van der Waals surface area contributed by atoms with Crippen molar-refractivity contribution in [1.82, 2.24) is 9.78 Å². The Morgan fingerprint density at radius 3 is 2.93 bits per heavy atom. The van der Waals surface area contributed by atoms with Gasteiger partial charge in [0.15, 0.2) is 0 Å². The maximum absolute atomic E-state index is 11.2. The molecular weight excluding hydrogens is 220 g/mol. The zero-order chi connectivity index (χ0) is 10.8. The van der Waals surface area contributed by atoms with Crippen molar-refractivity contribution in [2.75, 3.05) is 7.11 Å². The van der Waals surface area contributed by atoms with Gasteiger partial charge in [0.2, 0.25) is 6.39 Å². The van der Waals surface area contributed by atoms with Crippen molar-refractivity contribution >= 4 is 11.6 Å². The van der Waals surface area contributed by atoms with E-state index >= 15 is 0 Å². The maximum atomic E-state index is 11.2. The van der Waals surface area contributed by atoms with Crippen molar-refractivity contribution in [1.29, 1.82) is 0 Å². The summed E-state index contributed by atoms with van der Waals surface area (Å²) in [5.74, 6) is -0.0917. The van der Waals surface area contributed by atoms with Gasteiger partial charge < -0.3 is 9.15 Å². The van der Waals surface area contributed by atoms with Crippen LogP contribution in [0.4, 0.5) is 0 Å². The molecule has 0 bridgehead atoms. The normalized spacial score (nSPS) is 10.3. The van der Waals surface area contributed by atoms with Gasteiger partial charge in [-0.1, -0.05) is 11.6 Å². The summed E-state index contributed by atoms with van der Waals surface area (Å²) in [5, 5.41) is 4.22. The minimum Gasteiger partial charge on any atom is -0.494 e. The highest BCUT2D eigenvalue weighted by molar-refractivity contribution is 6.30. The summed E-state index contributed by atoms with van der Waals surface area (Å²) < 4.78 is 10.7. The third kappa shape index (κ3) is 1.73. The Balaban J connectivity index is 2.66. The van der Waals surface area contributed by atoms with Crippen LogP contribution in [0.2, 0.25) is 5.02 Å². The summed E-state index contributed by atoms with van der Waals surface area (Å²) in [5.41, 5.74) is 0.448. The Kier molecular flexibility index (Phi) is 2.47. The van der Waals surface area contributed by atoms with Gasteiger partial charge in [0.05, 0.1) is 7.11 Å². The molecule has 0 atom stereocenters. The molecule has 15 heavy (non-hydrogen) atoms. The fourth-order valence-corrected chi connectivity index (χ4v) is 1.37. The van der Waals surface area contributed by atoms with E-state index in [0.717, 1.165) is 11.1 Å². The fourth-order valence-electron chi connectivity index (χ4n) is 1.20. The molecule has 0 fully saturated rings. The van der Waals surface area contributed by atoms with Gasteiger partial charge in [-0.05, 0) is 18.2 Å². The number of benzene rings is 1. The minimum atomic E-state index is -0.587. The van der Waals surface area contributed by atoms with Crippen LogP contribution in [0.25, 0.3) is 5.69 Å². The van der Waals surface area contributed by atoms with Crippen LogP contribution in [0.5, 0.6) is 5.75 Å². The average molecular weight is 227 g/mol. The Morgan fingerprint density at radius 1 is 1.53 bits per heavy atom. The highest BCUT2D eigenvalue weighted by Crippen LogP contribution is 2.24. The number of nitrogens with zero attached hydrogens (tertiary/aromatic N) is 2. The summed E-state index contributed by atoms with van der Waals surface area (Å²) >= 11 is 5.81. The molecule has 1 heterocycles. The quantitative estimate of drug-likeness (QED) is 0.779. The largest absolute Gasteiger partial charge is 0.494 e. The van der Waals surface area contributed by atoms with E-state index in [1.54, 1.807) is 18.2 Å². The van der Waals surface area contributed by atoms with E-state index in [1.807, 2.05) is 0 Å². The van der Waals surface area contributed by atoms with E-state index in [-0.39, 0.29) is 0 Å². The first-order chi connectivity index (χ1) is 7.22. The van der Waals surface area contributed by atoms with E-state index in [0.29, 0.717) is 16.5 Å². The topological polar surface area (TPSA) is 57.3 Å². The number of hydrogen-bond donors (Lipinski definition) is 0. The molecule has 0 N–H and O–H groups in total. The molecule has 2 aromatic rings. The first-order valence-electron chi connectivity index (χ1n) is 4.09. The van der Waals surface area contributed by atoms with Gasteiger partial charge in [-0.25, -0.2) is 4.79 Å². The van der Waals surface area contributed by atoms with Crippen molar-refractivity contribution in [3.8, 4) is 11.4 Å². The van der Waals surface area contributed by atoms with Gasteiger partial charge in [0.25, 0.3) is 0 Å². The first-order valence-corrected chi connectivity index (χ1v) is 4.47. The Bertz CT molecular complexity index is 532. The number of halogens is 1. The number of methoxy groups -OCH3 is 1. The molecule has 6 heteroatoms. The summed E-state index contributed by atoms with van der Waals surface area (Å²) in [6.07, 6.45) is 1.06. The van der Waals surface area contributed by atoms with E-state index < -0.39 is 5.76 Å². The number of hydrogen-bond acceptors (Lipinski definition) is 4. The van der Waals surface area contributed by atoms with E-state index in [2.05, 4.69) is 9.52 Å². The zero-order valence-corrected chi connectivity index (χ0v) is 8.56. The predicted octanol–water partition coefficient (Wildman–Crippen LogP) is 1.49. The van der Waals surface area contributed by atoms with Crippen molar-refractivity contribution in [3.05, 3.63) is 40.2 Å². The molecule has 1 aromatic carbocycles. The predicted molar refractivity (Wildman–Crippen MR) is 53.7 cm³/mol.